The molecule has 138 valence electrons. The highest BCUT2D eigenvalue weighted by molar-refractivity contribution is 9.10. The third-order valence-electron chi connectivity index (χ3n) is 4.22. The molecule has 0 atom stereocenters. The molecule has 0 fully saturated rings. The van der Waals surface area contributed by atoms with E-state index in [4.69, 9.17) is 19.7 Å². The lowest BCUT2D eigenvalue weighted by Gasteiger charge is -2.03. The Kier molecular flexibility index (Phi) is 4.81. The molecule has 0 bridgehead atoms. The van der Waals surface area contributed by atoms with Crippen molar-refractivity contribution in [1.29, 1.82) is 0 Å². The quantitative estimate of drug-likeness (QED) is 0.645. The molecule has 0 aliphatic carbocycles. The number of hydrogen-bond acceptors (Lipinski definition) is 6. The van der Waals surface area contributed by atoms with Crippen molar-refractivity contribution in [2.45, 2.75) is 19.3 Å². The van der Waals surface area contributed by atoms with Crippen molar-refractivity contribution in [2.75, 3.05) is 6.79 Å². The van der Waals surface area contributed by atoms with E-state index in [0.29, 0.717) is 36.7 Å². The largest absolute Gasteiger partial charge is 0.454 e. The maximum Gasteiger partial charge on any atom is 0.257 e. The van der Waals surface area contributed by atoms with Crippen molar-refractivity contribution in [2.24, 2.45) is 5.73 Å². The number of carbonyl (C=O) groups excluding carboxylic acids is 1. The van der Waals surface area contributed by atoms with E-state index >= 15 is 0 Å². The number of carbonyl (C=O) groups is 1. The van der Waals surface area contributed by atoms with Crippen LogP contribution in [-0.4, -0.2) is 22.8 Å². The summed E-state index contributed by atoms with van der Waals surface area (Å²) in [6, 6.07) is 11.4. The van der Waals surface area contributed by atoms with Gasteiger partial charge in [-0.05, 0) is 41.8 Å². The van der Waals surface area contributed by atoms with Gasteiger partial charge in [0.15, 0.2) is 17.3 Å². The van der Waals surface area contributed by atoms with Crippen molar-refractivity contribution in [1.82, 2.24) is 10.1 Å². The van der Waals surface area contributed by atoms with Crippen LogP contribution in [0.25, 0.3) is 11.5 Å². The highest BCUT2D eigenvalue weighted by Gasteiger charge is 2.18. The second-order valence-corrected chi connectivity index (χ2v) is 7.01. The average Bonchev–Trinajstić information content (AvgIpc) is 3.30. The van der Waals surface area contributed by atoms with Crippen molar-refractivity contribution < 1.29 is 18.8 Å². The van der Waals surface area contributed by atoms with E-state index in [1.165, 1.54) is 0 Å². The molecule has 2 heterocycles. The lowest BCUT2D eigenvalue weighted by atomic mass is 10.1. The van der Waals surface area contributed by atoms with Crippen LogP contribution in [0.3, 0.4) is 0 Å². The summed E-state index contributed by atoms with van der Waals surface area (Å²) < 4.78 is 17.1. The molecule has 1 aliphatic heterocycles. The third-order valence-corrected chi connectivity index (χ3v) is 4.96. The number of ether oxygens (including phenoxy) is 2. The lowest BCUT2D eigenvalue weighted by Crippen LogP contribution is -2.11. The Morgan fingerprint density at radius 3 is 2.63 bits per heavy atom. The van der Waals surface area contributed by atoms with E-state index < -0.39 is 0 Å². The fraction of sp³-hybridized carbons (Fsp3) is 0.211. The van der Waals surface area contributed by atoms with Gasteiger partial charge in [-0.25, -0.2) is 0 Å². The molecule has 4 rings (SSSR count). The van der Waals surface area contributed by atoms with Gasteiger partial charge in [0.05, 0.1) is 0 Å². The molecular formula is C19H16BrN3O4. The summed E-state index contributed by atoms with van der Waals surface area (Å²) >= 11 is 3.54. The second-order valence-electron chi connectivity index (χ2n) is 6.15. The van der Waals surface area contributed by atoms with Gasteiger partial charge in [0.1, 0.15) is 0 Å². The Balaban J connectivity index is 1.48. The molecule has 1 aromatic heterocycles. The fourth-order valence-electron chi connectivity index (χ4n) is 2.79. The number of halogens is 1. The number of amides is 1. The molecule has 0 saturated carbocycles. The van der Waals surface area contributed by atoms with Crippen LogP contribution in [0.15, 0.2) is 45.4 Å². The van der Waals surface area contributed by atoms with Gasteiger partial charge in [-0.3, -0.25) is 4.79 Å². The summed E-state index contributed by atoms with van der Waals surface area (Å²) in [6.07, 6.45) is 1.44. The van der Waals surface area contributed by atoms with Crippen molar-refractivity contribution in [3.8, 4) is 23.0 Å². The van der Waals surface area contributed by atoms with Crippen LogP contribution >= 0.6 is 15.9 Å². The molecular weight excluding hydrogens is 414 g/mol. The van der Waals surface area contributed by atoms with Crippen LogP contribution < -0.4 is 15.2 Å². The summed E-state index contributed by atoms with van der Waals surface area (Å²) in [5.74, 6) is 2.14. The minimum absolute atomic E-state index is 0.229. The van der Waals surface area contributed by atoms with Crippen LogP contribution in [0.1, 0.15) is 23.4 Å². The van der Waals surface area contributed by atoms with Gasteiger partial charge >= 0.3 is 0 Å². The van der Waals surface area contributed by atoms with Crippen LogP contribution in [0.4, 0.5) is 0 Å². The zero-order chi connectivity index (χ0) is 18.8. The number of aromatic nitrogens is 2. The molecule has 27 heavy (non-hydrogen) atoms. The predicted molar refractivity (Wildman–Crippen MR) is 100 cm³/mol. The Morgan fingerprint density at radius 2 is 1.89 bits per heavy atom. The summed E-state index contributed by atoms with van der Waals surface area (Å²) in [4.78, 5) is 15.3. The van der Waals surface area contributed by atoms with Crippen LogP contribution in [0, 0.1) is 0 Å². The van der Waals surface area contributed by atoms with Crippen LogP contribution in [-0.2, 0) is 17.6 Å². The Morgan fingerprint density at radius 1 is 1.15 bits per heavy atom. The van der Waals surface area contributed by atoms with Gasteiger partial charge in [0.25, 0.3) is 5.89 Å². The summed E-state index contributed by atoms with van der Waals surface area (Å²) in [5.41, 5.74) is 8.01. The number of nitrogens with zero attached hydrogens (tertiary/aromatic N) is 2. The van der Waals surface area contributed by atoms with E-state index in [1.54, 1.807) is 0 Å². The first-order valence-corrected chi connectivity index (χ1v) is 9.16. The first-order chi connectivity index (χ1) is 13.1. The summed E-state index contributed by atoms with van der Waals surface area (Å²) in [5, 5.41) is 4.06. The number of nitrogens with two attached hydrogens (primary N) is 1. The van der Waals surface area contributed by atoms with Crippen molar-refractivity contribution >= 4 is 21.8 Å². The average molecular weight is 430 g/mol. The minimum Gasteiger partial charge on any atom is -0.454 e. The number of fused-ring (bicyclic) bond motifs is 1. The Labute approximate surface area is 163 Å². The van der Waals surface area contributed by atoms with Crippen molar-refractivity contribution in [3.63, 3.8) is 0 Å². The normalized spacial score (nSPS) is 12.3. The van der Waals surface area contributed by atoms with Gasteiger partial charge in [0, 0.05) is 22.9 Å². The zero-order valence-electron chi connectivity index (χ0n) is 14.3. The monoisotopic (exact) mass is 429 g/mol. The van der Waals surface area contributed by atoms with Gasteiger partial charge in [-0.1, -0.05) is 33.2 Å². The van der Waals surface area contributed by atoms with Gasteiger partial charge in [-0.2, -0.15) is 4.98 Å². The molecule has 8 heteroatoms. The number of hydrogen-bond donors (Lipinski definition) is 1. The summed E-state index contributed by atoms with van der Waals surface area (Å²) in [7, 11) is 0. The molecule has 0 saturated heterocycles. The Bertz CT molecular complexity index is 985. The van der Waals surface area contributed by atoms with E-state index in [2.05, 4.69) is 26.1 Å². The smallest absolute Gasteiger partial charge is 0.257 e. The molecule has 0 spiro atoms. The van der Waals surface area contributed by atoms with Crippen molar-refractivity contribution in [3.05, 3.63) is 57.8 Å². The van der Waals surface area contributed by atoms with Crippen LogP contribution in [0.2, 0.25) is 0 Å². The van der Waals surface area contributed by atoms with Gasteiger partial charge < -0.3 is 19.7 Å². The standard InChI is InChI=1S/C19H16BrN3O4/c20-14-9-16-15(25-10-26-16)7-13(14)8-18-22-19(27-23-18)12-4-1-11(2-5-12)3-6-17(21)24/h1-2,4-5,7,9H,3,6,8,10H2,(H2,21,24). The minimum atomic E-state index is -0.310. The fourth-order valence-corrected chi connectivity index (χ4v) is 3.25. The zero-order valence-corrected chi connectivity index (χ0v) is 15.9. The Hall–Kier alpha value is -2.87. The highest BCUT2D eigenvalue weighted by atomic mass is 79.9. The topological polar surface area (TPSA) is 100 Å². The SMILES string of the molecule is NC(=O)CCc1ccc(-c2nc(Cc3cc4c(cc3Br)OCO4)no2)cc1. The second kappa shape index (κ2) is 7.40. The molecule has 3 aromatic rings. The van der Waals surface area contributed by atoms with Crippen LogP contribution in [0.5, 0.6) is 11.5 Å². The van der Waals surface area contributed by atoms with E-state index in [9.17, 15) is 4.79 Å². The first kappa shape index (κ1) is 17.5. The number of benzene rings is 2. The molecule has 0 unspecified atom stereocenters. The molecule has 7 nitrogen and oxygen atoms in total. The van der Waals surface area contributed by atoms with E-state index in [-0.39, 0.29) is 12.7 Å². The highest BCUT2D eigenvalue weighted by Crippen LogP contribution is 2.37. The molecule has 1 amide bonds. The molecule has 1 aliphatic rings. The number of primary amides is 1. The maximum atomic E-state index is 10.9. The maximum absolute atomic E-state index is 10.9. The van der Waals surface area contributed by atoms with Gasteiger partial charge in [-0.15, -0.1) is 0 Å². The number of rotatable bonds is 6. The predicted octanol–water partition coefficient (Wildman–Crippen LogP) is 3.24. The lowest BCUT2D eigenvalue weighted by molar-refractivity contribution is -0.117. The summed E-state index contributed by atoms with van der Waals surface area (Å²) in [6.45, 7) is 0.229. The first-order valence-electron chi connectivity index (χ1n) is 8.37. The number of aryl methyl sites for hydroxylation is 1. The molecule has 0 radical (unpaired) electrons. The molecule has 2 N–H and O–H groups in total. The third kappa shape index (κ3) is 3.95. The van der Waals surface area contributed by atoms with E-state index in [1.807, 2.05) is 36.4 Å². The molecule has 2 aromatic carbocycles. The van der Waals surface area contributed by atoms with Gasteiger partial charge in [0.2, 0.25) is 12.7 Å². The van der Waals surface area contributed by atoms with E-state index in [0.717, 1.165) is 26.9 Å².